The first kappa shape index (κ1) is 20.6. The highest BCUT2D eigenvalue weighted by Gasteiger charge is 2.43. The lowest BCUT2D eigenvalue weighted by Gasteiger charge is -2.21. The Morgan fingerprint density at radius 1 is 1.23 bits per heavy atom. The van der Waals surface area contributed by atoms with Crippen molar-refractivity contribution in [1.29, 1.82) is 0 Å². The van der Waals surface area contributed by atoms with Gasteiger partial charge in [-0.05, 0) is 79.9 Å². The van der Waals surface area contributed by atoms with E-state index in [0.29, 0.717) is 7.14 Å². The van der Waals surface area contributed by atoms with Gasteiger partial charge in [0.05, 0.1) is 5.56 Å². The Bertz CT molecular complexity index is 670. The molecule has 124 valence electrons. The third-order valence-corrected chi connectivity index (χ3v) is 5.39. The molecule has 0 saturated heterocycles. The van der Waals surface area contributed by atoms with Crippen molar-refractivity contribution in [3.63, 3.8) is 0 Å². The maximum Gasteiger partial charge on any atom is 0.409 e. The molecule has 1 aromatic rings. The lowest BCUT2D eigenvalue weighted by Crippen LogP contribution is -2.49. The van der Waals surface area contributed by atoms with Crippen LogP contribution in [0.15, 0.2) is 12.1 Å². The number of carbonyl (C=O) groups is 1. The highest BCUT2D eigenvalue weighted by atomic mass is 127. The third kappa shape index (κ3) is 6.23. The summed E-state index contributed by atoms with van der Waals surface area (Å²) in [6.45, 7) is 0. The fraction of sp³-hybridized carbons (Fsp3) is 0.300. The summed E-state index contributed by atoms with van der Waals surface area (Å²) in [6, 6.07) is 0.508. The lowest BCUT2D eigenvalue weighted by atomic mass is 10.2. The van der Waals surface area contributed by atoms with E-state index in [1.807, 2.05) is 22.6 Å². The molecular formula is C10H7F3I3NO4S. The number of benzene rings is 1. The van der Waals surface area contributed by atoms with Crippen LogP contribution in [0.2, 0.25) is 0 Å². The number of rotatable bonds is 4. The van der Waals surface area contributed by atoms with Gasteiger partial charge in [0, 0.05) is 10.7 Å². The van der Waals surface area contributed by atoms with Crippen molar-refractivity contribution in [3.05, 3.63) is 28.4 Å². The van der Waals surface area contributed by atoms with Crippen molar-refractivity contribution < 1.29 is 30.9 Å². The van der Waals surface area contributed by atoms with Crippen molar-refractivity contribution in [1.82, 2.24) is 5.32 Å². The zero-order chi connectivity index (χ0) is 17.3. The van der Waals surface area contributed by atoms with Gasteiger partial charge in [-0.2, -0.15) is 21.6 Å². The largest absolute Gasteiger partial charge is 0.409 e. The van der Waals surface area contributed by atoms with Crippen molar-refractivity contribution in [2.24, 2.45) is 0 Å². The summed E-state index contributed by atoms with van der Waals surface area (Å²) in [7, 11) is -4.90. The molecule has 22 heavy (non-hydrogen) atoms. The van der Waals surface area contributed by atoms with Gasteiger partial charge >= 0.3 is 6.18 Å². The Balaban J connectivity index is 3.12. The summed E-state index contributed by atoms with van der Waals surface area (Å²) in [4.78, 5) is 12.0. The minimum Gasteiger partial charge on any atom is -0.339 e. The second-order valence-corrected chi connectivity index (χ2v) is 9.13. The number of nitrogens with one attached hydrogen (secondary N) is 1. The molecule has 5 nitrogen and oxygen atoms in total. The number of carbonyl (C=O) groups excluding carboxylic acids is 1. The van der Waals surface area contributed by atoms with Gasteiger partial charge in [0.1, 0.15) is 11.8 Å². The highest BCUT2D eigenvalue weighted by molar-refractivity contribution is 14.1. The zero-order valence-electron chi connectivity index (χ0n) is 10.3. The molecule has 0 aromatic heterocycles. The van der Waals surface area contributed by atoms with E-state index in [0.717, 1.165) is 3.57 Å². The van der Waals surface area contributed by atoms with Crippen LogP contribution in [0.5, 0.6) is 0 Å². The Kier molecular flexibility index (Phi) is 7.17. The average Bonchev–Trinajstić information content (AvgIpc) is 2.22. The summed E-state index contributed by atoms with van der Waals surface area (Å²) in [6.07, 6.45) is -5.01. The van der Waals surface area contributed by atoms with E-state index in [4.69, 9.17) is 4.55 Å². The number of amides is 1. The smallest absolute Gasteiger partial charge is 0.339 e. The molecule has 1 aromatic carbocycles. The SMILES string of the molecule is O=C(NC(CS(=O)(=O)O)C(F)(F)F)c1c(I)cc(I)cc1I. The van der Waals surface area contributed by atoms with Crippen LogP contribution in [0.3, 0.4) is 0 Å². The van der Waals surface area contributed by atoms with Gasteiger partial charge in [0.15, 0.2) is 0 Å². The lowest BCUT2D eigenvalue weighted by molar-refractivity contribution is -0.148. The fourth-order valence-electron chi connectivity index (χ4n) is 1.42. The molecule has 0 fully saturated rings. The van der Waals surface area contributed by atoms with E-state index in [9.17, 15) is 26.4 Å². The molecule has 1 rings (SSSR count). The quantitative estimate of drug-likeness (QED) is 0.380. The monoisotopic (exact) mass is 675 g/mol. The summed E-state index contributed by atoms with van der Waals surface area (Å²) < 4.78 is 70.0. The summed E-state index contributed by atoms with van der Waals surface area (Å²) in [5, 5.41) is 1.62. The van der Waals surface area contributed by atoms with Crippen LogP contribution in [0, 0.1) is 10.7 Å². The molecule has 0 spiro atoms. The van der Waals surface area contributed by atoms with E-state index >= 15 is 0 Å². The van der Waals surface area contributed by atoms with Gasteiger partial charge in [-0.3, -0.25) is 9.35 Å². The van der Waals surface area contributed by atoms with Crippen molar-refractivity contribution in [2.45, 2.75) is 12.2 Å². The van der Waals surface area contributed by atoms with Gasteiger partial charge in [0.25, 0.3) is 16.0 Å². The number of halogens is 6. The Morgan fingerprint density at radius 3 is 2.05 bits per heavy atom. The molecule has 2 N–H and O–H groups in total. The number of hydrogen-bond donors (Lipinski definition) is 2. The molecule has 1 unspecified atom stereocenters. The topological polar surface area (TPSA) is 83.5 Å². The van der Waals surface area contributed by atoms with Crippen LogP contribution in [0.4, 0.5) is 13.2 Å². The van der Waals surface area contributed by atoms with Gasteiger partial charge in [-0.1, -0.05) is 0 Å². The molecule has 0 saturated carbocycles. The summed E-state index contributed by atoms with van der Waals surface area (Å²) in [5.41, 5.74) is 0.0196. The molecule has 12 heteroatoms. The van der Waals surface area contributed by atoms with Gasteiger partial charge < -0.3 is 5.32 Å². The molecule has 0 aliphatic heterocycles. The molecule has 0 bridgehead atoms. The molecule has 0 aliphatic rings. The van der Waals surface area contributed by atoms with Crippen molar-refractivity contribution in [3.8, 4) is 0 Å². The minimum atomic E-state index is -5.01. The standard InChI is InChI=1S/C10H7F3I3NO4S/c11-10(12,13)7(3-22(19,20)21)17-9(18)8-5(15)1-4(14)2-6(8)16/h1-2,7H,3H2,(H,17,18)(H,19,20,21). The predicted octanol–water partition coefficient (Wildman–Crippen LogP) is 3.05. The Labute approximate surface area is 165 Å². The van der Waals surface area contributed by atoms with Gasteiger partial charge in [-0.25, -0.2) is 0 Å². The third-order valence-electron chi connectivity index (χ3n) is 2.31. The number of alkyl halides is 3. The van der Waals surface area contributed by atoms with Crippen LogP contribution < -0.4 is 5.32 Å². The second kappa shape index (κ2) is 7.64. The van der Waals surface area contributed by atoms with Crippen LogP contribution in [0.1, 0.15) is 10.4 Å². The van der Waals surface area contributed by atoms with Crippen LogP contribution >= 0.6 is 67.8 Å². The van der Waals surface area contributed by atoms with Crippen molar-refractivity contribution >= 4 is 83.8 Å². The maximum absolute atomic E-state index is 12.8. The molecule has 1 atom stereocenters. The van der Waals surface area contributed by atoms with E-state index < -0.39 is 34.0 Å². The van der Waals surface area contributed by atoms with E-state index in [1.165, 1.54) is 0 Å². The molecule has 0 aliphatic carbocycles. The van der Waals surface area contributed by atoms with Gasteiger partial charge in [0.2, 0.25) is 0 Å². The zero-order valence-corrected chi connectivity index (χ0v) is 17.6. The fourth-order valence-corrected chi connectivity index (χ4v) is 6.18. The summed E-state index contributed by atoms with van der Waals surface area (Å²) in [5.74, 6) is -2.70. The van der Waals surface area contributed by atoms with Crippen LogP contribution in [0.25, 0.3) is 0 Å². The maximum atomic E-state index is 12.8. The highest BCUT2D eigenvalue weighted by Crippen LogP contribution is 2.25. The normalized spacial score (nSPS) is 13.8. The van der Waals surface area contributed by atoms with Crippen LogP contribution in [-0.4, -0.2) is 36.8 Å². The van der Waals surface area contributed by atoms with E-state index in [1.54, 1.807) is 62.6 Å². The first-order valence-electron chi connectivity index (χ1n) is 5.28. The molecule has 0 radical (unpaired) electrons. The van der Waals surface area contributed by atoms with Crippen molar-refractivity contribution in [2.75, 3.05) is 5.75 Å². The van der Waals surface area contributed by atoms with E-state index in [2.05, 4.69) is 0 Å². The summed E-state index contributed by atoms with van der Waals surface area (Å²) >= 11 is 5.60. The molecular weight excluding hydrogens is 668 g/mol. The first-order chi connectivity index (χ1) is 9.81. The van der Waals surface area contributed by atoms with Gasteiger partial charge in [-0.15, -0.1) is 0 Å². The second-order valence-electron chi connectivity index (χ2n) is 4.06. The molecule has 0 heterocycles. The number of hydrogen-bond acceptors (Lipinski definition) is 3. The van der Waals surface area contributed by atoms with Crippen LogP contribution in [-0.2, 0) is 10.1 Å². The van der Waals surface area contributed by atoms with E-state index in [-0.39, 0.29) is 5.56 Å². The Morgan fingerprint density at radius 2 is 1.68 bits per heavy atom. The minimum absolute atomic E-state index is 0.0196. The average molecular weight is 675 g/mol. The predicted molar refractivity (Wildman–Crippen MR) is 98.3 cm³/mol. The molecule has 1 amide bonds. The Hall–Kier alpha value is 0.580. The first-order valence-corrected chi connectivity index (χ1v) is 10.1.